The molecule has 296 valence electrons. The van der Waals surface area contributed by atoms with Gasteiger partial charge < -0.3 is 4.57 Å². The van der Waals surface area contributed by atoms with E-state index in [9.17, 15) is 0 Å². The minimum absolute atomic E-state index is 0.528. The van der Waals surface area contributed by atoms with Gasteiger partial charge in [-0.1, -0.05) is 130 Å². The van der Waals surface area contributed by atoms with Crippen LogP contribution in [0.15, 0.2) is 167 Å². The van der Waals surface area contributed by atoms with Gasteiger partial charge in [-0.3, -0.25) is 4.57 Å². The molecule has 5 rings (SSSR count). The Bertz CT molecular complexity index is 2470. The molecule has 58 heavy (non-hydrogen) atoms. The number of aliphatic imine (C=N–C) groups is 2. The first kappa shape index (κ1) is 43.2. The lowest BCUT2D eigenvalue weighted by Crippen LogP contribution is -2.15. The summed E-state index contributed by atoms with van der Waals surface area (Å²) >= 11 is 1.81. The van der Waals surface area contributed by atoms with Gasteiger partial charge in [0.15, 0.2) is 0 Å². The zero-order valence-electron chi connectivity index (χ0n) is 35.6. The van der Waals surface area contributed by atoms with Crippen molar-refractivity contribution >= 4 is 41.2 Å². The standard InChI is InChI=1S/C53H58N4S/c1-12-17-20-29-38(7)50-41(10)48(15-4)57(45-31-25-30-43(35-45)46-32-24-23-28-37(46)6)52(50)51-40(9)44(27-14-3)36-56(51)53(54-39(8)26-13-2)55-42(11)47-33-21-18-19-22-34-49(47)58-16-5/h12-15,17,20-36H,1,4,11,16,18-19H2,2-3,5-10H3/b20-17-,26-13-,27-14-,33-21?,34-22-,38-29+,49-47?,54-39?,55-53?. The average molecular weight is 783 g/mol. The minimum Gasteiger partial charge on any atom is -0.308 e. The molecule has 0 atom stereocenters. The third-order valence-corrected chi connectivity index (χ3v) is 11.1. The van der Waals surface area contributed by atoms with Gasteiger partial charge in [0, 0.05) is 39.3 Å². The maximum atomic E-state index is 5.37. The normalized spacial score (nSPS) is 14.9. The summed E-state index contributed by atoms with van der Waals surface area (Å²) in [5.41, 5.74) is 15.6. The van der Waals surface area contributed by atoms with E-state index in [4.69, 9.17) is 9.98 Å². The molecule has 2 heterocycles. The first-order valence-corrected chi connectivity index (χ1v) is 21.1. The molecular formula is C53H58N4S. The number of thioether (sulfide) groups is 1. The number of aromatic nitrogens is 2. The van der Waals surface area contributed by atoms with Crippen molar-refractivity contribution in [3.05, 3.63) is 191 Å². The number of rotatable bonds is 13. The Morgan fingerprint density at radius 3 is 2.33 bits per heavy atom. The SMILES string of the molecule is C=C/C=C\C=C(/C)c1c(C)c(C=C)n(-c2cccc(-c3ccccc3C)c2)c1-c1c(C)c(/C=C\C)cn1C(N=C(C)/C=C\C)=NC(=C)C1=C(SCC)/C=C\CCC=C1. The number of aryl methyl sites for hydroxylation is 1. The van der Waals surface area contributed by atoms with E-state index < -0.39 is 0 Å². The number of allylic oxidation sites excluding steroid dienone is 12. The fourth-order valence-electron chi connectivity index (χ4n) is 7.44. The number of nitrogens with zero attached hydrogens (tertiary/aromatic N) is 4. The molecule has 0 radical (unpaired) electrons. The van der Waals surface area contributed by atoms with Gasteiger partial charge in [-0.25, -0.2) is 9.98 Å². The van der Waals surface area contributed by atoms with Crippen LogP contribution in [-0.2, 0) is 0 Å². The van der Waals surface area contributed by atoms with Crippen molar-refractivity contribution in [2.45, 2.75) is 68.2 Å². The van der Waals surface area contributed by atoms with Gasteiger partial charge in [-0.15, -0.1) is 11.8 Å². The molecule has 0 fully saturated rings. The van der Waals surface area contributed by atoms with Crippen LogP contribution in [0.1, 0.15) is 81.0 Å². The Kier molecular flexibility index (Phi) is 15.3. The first-order valence-electron chi connectivity index (χ1n) is 20.1. The van der Waals surface area contributed by atoms with Gasteiger partial charge >= 0.3 is 0 Å². The Morgan fingerprint density at radius 2 is 1.64 bits per heavy atom. The molecule has 5 heteroatoms. The van der Waals surface area contributed by atoms with Crippen molar-refractivity contribution in [2.24, 2.45) is 9.98 Å². The predicted molar refractivity (Wildman–Crippen MR) is 259 cm³/mol. The molecule has 0 N–H and O–H groups in total. The Labute approximate surface area is 351 Å². The second kappa shape index (κ2) is 20.5. The van der Waals surface area contributed by atoms with E-state index in [0.717, 1.165) is 90.9 Å². The van der Waals surface area contributed by atoms with Crippen molar-refractivity contribution in [1.82, 2.24) is 9.13 Å². The molecule has 4 aromatic rings. The van der Waals surface area contributed by atoms with Crippen LogP contribution in [0, 0.1) is 20.8 Å². The Hall–Kier alpha value is -5.91. The first-order chi connectivity index (χ1) is 28.1. The molecular weight excluding hydrogens is 725 g/mol. The zero-order chi connectivity index (χ0) is 41.8. The quantitative estimate of drug-likeness (QED) is 0.0756. The summed E-state index contributed by atoms with van der Waals surface area (Å²) in [6.45, 7) is 29.9. The molecule has 0 aliphatic heterocycles. The molecule has 0 spiro atoms. The smallest absolute Gasteiger partial charge is 0.234 e. The van der Waals surface area contributed by atoms with Gasteiger partial charge in [0.2, 0.25) is 5.96 Å². The van der Waals surface area contributed by atoms with Crippen LogP contribution in [0.5, 0.6) is 0 Å². The summed E-state index contributed by atoms with van der Waals surface area (Å²) in [6, 6.07) is 17.4. The monoisotopic (exact) mass is 782 g/mol. The Balaban J connectivity index is 1.96. The fraction of sp³-hybridized carbons (Fsp3) is 0.208. The topological polar surface area (TPSA) is 34.6 Å². The number of hydrogen-bond donors (Lipinski definition) is 0. The van der Waals surface area contributed by atoms with Crippen LogP contribution in [0.25, 0.3) is 45.9 Å². The average Bonchev–Trinajstić information content (AvgIpc) is 3.67. The van der Waals surface area contributed by atoms with Crippen LogP contribution >= 0.6 is 11.8 Å². The van der Waals surface area contributed by atoms with E-state index in [1.165, 1.54) is 11.1 Å². The van der Waals surface area contributed by atoms with Gasteiger partial charge in [0.1, 0.15) is 0 Å². The zero-order valence-corrected chi connectivity index (χ0v) is 36.5. The molecule has 2 aromatic carbocycles. The lowest BCUT2D eigenvalue weighted by molar-refractivity contribution is 1.02. The maximum Gasteiger partial charge on any atom is 0.234 e. The summed E-state index contributed by atoms with van der Waals surface area (Å²) < 4.78 is 4.53. The van der Waals surface area contributed by atoms with Crippen LogP contribution in [-0.4, -0.2) is 26.6 Å². The van der Waals surface area contributed by atoms with E-state index in [2.05, 4.69) is 168 Å². The lowest BCUT2D eigenvalue weighted by atomic mass is 9.98. The van der Waals surface area contributed by atoms with Gasteiger partial charge in [0.05, 0.1) is 17.1 Å². The van der Waals surface area contributed by atoms with Crippen LogP contribution < -0.4 is 0 Å². The van der Waals surface area contributed by atoms with Crippen LogP contribution in [0.2, 0.25) is 0 Å². The highest BCUT2D eigenvalue weighted by Crippen LogP contribution is 2.43. The highest BCUT2D eigenvalue weighted by molar-refractivity contribution is 8.03. The molecule has 0 bridgehead atoms. The third kappa shape index (κ3) is 9.61. The summed E-state index contributed by atoms with van der Waals surface area (Å²) in [5, 5.41) is 0. The van der Waals surface area contributed by atoms with Crippen molar-refractivity contribution in [2.75, 3.05) is 5.75 Å². The summed E-state index contributed by atoms with van der Waals surface area (Å²) in [5.74, 6) is 1.47. The van der Waals surface area contributed by atoms with E-state index in [0.29, 0.717) is 11.7 Å². The Morgan fingerprint density at radius 1 is 0.879 bits per heavy atom. The second-order valence-electron chi connectivity index (χ2n) is 14.2. The number of hydrogen-bond acceptors (Lipinski definition) is 2. The summed E-state index contributed by atoms with van der Waals surface area (Å²) in [6.07, 6.45) is 31.2. The fourth-order valence-corrected chi connectivity index (χ4v) is 8.28. The lowest BCUT2D eigenvalue weighted by Gasteiger charge is -2.19. The third-order valence-electron chi connectivity index (χ3n) is 10.1. The summed E-state index contributed by atoms with van der Waals surface area (Å²) in [4.78, 5) is 11.8. The number of benzene rings is 2. The van der Waals surface area contributed by atoms with E-state index in [1.807, 2.05) is 56.0 Å². The highest BCUT2D eigenvalue weighted by atomic mass is 32.2. The van der Waals surface area contributed by atoms with Gasteiger partial charge in [0.25, 0.3) is 0 Å². The predicted octanol–water partition coefficient (Wildman–Crippen LogP) is 15.0. The van der Waals surface area contributed by atoms with Crippen molar-refractivity contribution in [1.29, 1.82) is 0 Å². The highest BCUT2D eigenvalue weighted by Gasteiger charge is 2.28. The van der Waals surface area contributed by atoms with Crippen molar-refractivity contribution < 1.29 is 0 Å². The summed E-state index contributed by atoms with van der Waals surface area (Å²) in [7, 11) is 0. The maximum absolute atomic E-state index is 5.37. The largest absolute Gasteiger partial charge is 0.308 e. The molecule has 0 amide bonds. The minimum atomic E-state index is 0.528. The van der Waals surface area contributed by atoms with Gasteiger partial charge in [-0.05, 0) is 130 Å². The van der Waals surface area contributed by atoms with E-state index >= 15 is 0 Å². The second-order valence-corrected chi connectivity index (χ2v) is 15.5. The molecule has 0 saturated carbocycles. The molecule has 0 saturated heterocycles. The molecule has 1 aliphatic carbocycles. The van der Waals surface area contributed by atoms with Crippen LogP contribution in [0.3, 0.4) is 0 Å². The van der Waals surface area contributed by atoms with Crippen molar-refractivity contribution in [3.63, 3.8) is 0 Å². The molecule has 2 aromatic heterocycles. The van der Waals surface area contributed by atoms with E-state index in [-0.39, 0.29) is 0 Å². The van der Waals surface area contributed by atoms with Crippen molar-refractivity contribution in [3.8, 4) is 28.2 Å². The molecule has 4 nitrogen and oxygen atoms in total. The van der Waals surface area contributed by atoms with Gasteiger partial charge in [-0.2, -0.15) is 0 Å². The van der Waals surface area contributed by atoms with Crippen LogP contribution in [0.4, 0.5) is 0 Å². The van der Waals surface area contributed by atoms with E-state index in [1.54, 1.807) is 6.08 Å². The molecule has 0 unspecified atom stereocenters. The molecule has 1 aliphatic rings.